The van der Waals surface area contributed by atoms with Crippen molar-refractivity contribution in [1.29, 1.82) is 0 Å². The molecular weight excluding hydrogens is 312 g/mol. The molecule has 1 unspecified atom stereocenters. The molecule has 1 heterocycles. The number of amides is 1. The minimum atomic E-state index is -0.267. The Hall–Kier alpha value is -2.02. The fraction of sp³-hybridized carbons (Fsp3) is 0.438. The number of nitrogens with zero attached hydrogens (tertiary/aromatic N) is 2. The third-order valence-corrected chi connectivity index (χ3v) is 4.34. The number of benzene rings is 1. The normalized spacial score (nSPS) is 12.1. The van der Waals surface area contributed by atoms with E-state index < -0.39 is 0 Å². The van der Waals surface area contributed by atoms with Crippen molar-refractivity contribution in [2.24, 2.45) is 0 Å². The average Bonchev–Trinajstić information content (AvgIpc) is 2.87. The zero-order chi connectivity index (χ0) is 16.7. The molecule has 1 aromatic heterocycles. The first-order valence-corrected chi connectivity index (χ1v) is 8.70. The highest BCUT2D eigenvalue weighted by atomic mass is 32.2. The van der Waals surface area contributed by atoms with Crippen LogP contribution in [0.3, 0.4) is 0 Å². The van der Waals surface area contributed by atoms with E-state index in [1.54, 1.807) is 4.57 Å². The molecule has 2 rings (SSSR count). The van der Waals surface area contributed by atoms with Gasteiger partial charge in [-0.2, -0.15) is 0 Å². The monoisotopic (exact) mass is 334 g/mol. The lowest BCUT2D eigenvalue weighted by Crippen LogP contribution is -2.33. The van der Waals surface area contributed by atoms with Crippen LogP contribution in [0.25, 0.3) is 0 Å². The van der Waals surface area contributed by atoms with Crippen LogP contribution in [0.4, 0.5) is 0 Å². The lowest BCUT2D eigenvalue weighted by molar-refractivity contribution is -0.119. The minimum absolute atomic E-state index is 0.0438. The number of aromatic amines is 1. The van der Waals surface area contributed by atoms with Gasteiger partial charge in [-0.1, -0.05) is 55.4 Å². The van der Waals surface area contributed by atoms with Crippen LogP contribution in [0.1, 0.15) is 32.3 Å². The van der Waals surface area contributed by atoms with E-state index in [0.717, 1.165) is 18.4 Å². The van der Waals surface area contributed by atoms with Crippen molar-refractivity contribution in [1.82, 2.24) is 20.1 Å². The van der Waals surface area contributed by atoms with Crippen molar-refractivity contribution >= 4 is 17.7 Å². The molecule has 2 aromatic rings. The first-order chi connectivity index (χ1) is 11.1. The molecule has 0 spiro atoms. The molecular formula is C16H22N4O2S. The second kappa shape index (κ2) is 8.57. The van der Waals surface area contributed by atoms with E-state index in [2.05, 4.69) is 22.4 Å². The van der Waals surface area contributed by atoms with Crippen LogP contribution in [0.5, 0.6) is 0 Å². The maximum atomic E-state index is 11.9. The van der Waals surface area contributed by atoms with Crippen molar-refractivity contribution < 1.29 is 4.79 Å². The smallest absolute Gasteiger partial charge is 0.344 e. The van der Waals surface area contributed by atoms with Crippen LogP contribution in [-0.2, 0) is 11.3 Å². The Morgan fingerprint density at radius 1 is 1.39 bits per heavy atom. The van der Waals surface area contributed by atoms with Crippen LogP contribution in [0, 0.1) is 0 Å². The molecule has 1 atom stereocenters. The van der Waals surface area contributed by atoms with Crippen molar-refractivity contribution in [3.05, 3.63) is 46.4 Å². The highest BCUT2D eigenvalue weighted by Crippen LogP contribution is 2.14. The molecule has 7 heteroatoms. The number of hydrogen-bond acceptors (Lipinski definition) is 4. The number of carbonyl (C=O) groups is 1. The summed E-state index contributed by atoms with van der Waals surface area (Å²) in [6.45, 7) is 4.52. The average molecular weight is 334 g/mol. The summed E-state index contributed by atoms with van der Waals surface area (Å²) in [6.07, 6.45) is 1.99. The predicted molar refractivity (Wildman–Crippen MR) is 91.6 cm³/mol. The minimum Gasteiger partial charge on any atom is -0.353 e. The van der Waals surface area contributed by atoms with Gasteiger partial charge in [-0.05, 0) is 18.9 Å². The highest BCUT2D eigenvalue weighted by Gasteiger charge is 2.13. The van der Waals surface area contributed by atoms with Crippen LogP contribution in [0.15, 0.2) is 40.3 Å². The number of thioether (sulfide) groups is 1. The maximum Gasteiger partial charge on any atom is 0.344 e. The predicted octanol–water partition coefficient (Wildman–Crippen LogP) is 2.02. The summed E-state index contributed by atoms with van der Waals surface area (Å²) < 4.78 is 1.54. The SMILES string of the molecule is CCCC(C)NC(=O)CSc1n[nH]c(=O)n1Cc1ccccc1. The number of hydrogen-bond donors (Lipinski definition) is 2. The lowest BCUT2D eigenvalue weighted by Gasteiger charge is -2.12. The maximum absolute atomic E-state index is 11.9. The van der Waals surface area contributed by atoms with E-state index in [4.69, 9.17) is 0 Å². The van der Waals surface area contributed by atoms with E-state index in [9.17, 15) is 9.59 Å². The van der Waals surface area contributed by atoms with Gasteiger partial charge in [0.1, 0.15) is 0 Å². The van der Waals surface area contributed by atoms with Crippen LogP contribution < -0.4 is 11.0 Å². The summed E-state index contributed by atoms with van der Waals surface area (Å²) in [6, 6.07) is 9.85. The third-order valence-electron chi connectivity index (χ3n) is 3.37. The van der Waals surface area contributed by atoms with Crippen molar-refractivity contribution in [2.75, 3.05) is 5.75 Å². The molecule has 2 N–H and O–H groups in total. The number of H-pyrrole nitrogens is 1. The summed E-state index contributed by atoms with van der Waals surface area (Å²) in [5.41, 5.74) is 0.745. The highest BCUT2D eigenvalue weighted by molar-refractivity contribution is 7.99. The second-order valence-corrected chi connectivity index (χ2v) is 6.37. The van der Waals surface area contributed by atoms with E-state index >= 15 is 0 Å². The fourth-order valence-corrected chi connectivity index (χ4v) is 3.03. The second-order valence-electron chi connectivity index (χ2n) is 5.43. The van der Waals surface area contributed by atoms with Crippen molar-refractivity contribution in [3.63, 3.8) is 0 Å². The molecule has 0 bridgehead atoms. The number of nitrogens with one attached hydrogen (secondary N) is 2. The van der Waals surface area contributed by atoms with Gasteiger partial charge in [-0.3, -0.25) is 9.36 Å². The molecule has 1 aromatic carbocycles. The largest absolute Gasteiger partial charge is 0.353 e. The standard InChI is InChI=1S/C16H22N4O2S/c1-3-7-12(2)17-14(21)11-23-16-19-18-15(22)20(16)10-13-8-5-4-6-9-13/h4-6,8-9,12H,3,7,10-11H2,1-2H3,(H,17,21)(H,18,22). The van der Waals surface area contributed by atoms with Gasteiger partial charge in [0.15, 0.2) is 5.16 Å². The zero-order valence-corrected chi connectivity index (χ0v) is 14.2. The Balaban J connectivity index is 1.96. The molecule has 23 heavy (non-hydrogen) atoms. The van der Waals surface area contributed by atoms with E-state index in [0.29, 0.717) is 11.7 Å². The van der Waals surface area contributed by atoms with Gasteiger partial charge in [0, 0.05) is 6.04 Å². The Labute approximate surface area is 139 Å². The molecule has 0 aliphatic rings. The summed E-state index contributed by atoms with van der Waals surface area (Å²) in [7, 11) is 0. The van der Waals surface area contributed by atoms with Gasteiger partial charge >= 0.3 is 5.69 Å². The van der Waals surface area contributed by atoms with E-state index in [1.807, 2.05) is 37.3 Å². The summed E-state index contributed by atoms with van der Waals surface area (Å²) >= 11 is 1.26. The van der Waals surface area contributed by atoms with Gasteiger partial charge in [-0.15, -0.1) is 5.10 Å². The molecule has 6 nitrogen and oxygen atoms in total. The van der Waals surface area contributed by atoms with Crippen molar-refractivity contribution in [2.45, 2.75) is 44.4 Å². The van der Waals surface area contributed by atoms with Crippen molar-refractivity contribution in [3.8, 4) is 0 Å². The molecule has 0 aliphatic heterocycles. The Morgan fingerprint density at radius 3 is 2.83 bits per heavy atom. The first-order valence-electron chi connectivity index (χ1n) is 7.71. The lowest BCUT2D eigenvalue weighted by atomic mass is 10.2. The molecule has 1 amide bonds. The summed E-state index contributed by atoms with van der Waals surface area (Å²) in [5.74, 6) is 0.199. The van der Waals surface area contributed by atoms with Gasteiger partial charge in [0.05, 0.1) is 12.3 Å². The molecule has 0 fully saturated rings. The van der Waals surface area contributed by atoms with Gasteiger partial charge in [-0.25, -0.2) is 9.89 Å². The number of carbonyl (C=O) groups excluding carboxylic acids is 1. The topological polar surface area (TPSA) is 79.8 Å². The van der Waals surface area contributed by atoms with Gasteiger partial charge in [0.25, 0.3) is 0 Å². The van der Waals surface area contributed by atoms with Gasteiger partial charge in [0.2, 0.25) is 5.91 Å². The molecule has 0 aliphatic carbocycles. The Bertz CT molecular complexity index is 681. The molecule has 124 valence electrons. The van der Waals surface area contributed by atoms with Crippen LogP contribution in [-0.4, -0.2) is 32.5 Å². The zero-order valence-electron chi connectivity index (χ0n) is 13.4. The summed E-state index contributed by atoms with van der Waals surface area (Å²) in [4.78, 5) is 23.8. The Kier molecular flexibility index (Phi) is 6.46. The quantitative estimate of drug-likeness (QED) is 0.724. The Morgan fingerprint density at radius 2 is 2.13 bits per heavy atom. The fourth-order valence-electron chi connectivity index (χ4n) is 2.27. The first kappa shape index (κ1) is 17.3. The van der Waals surface area contributed by atoms with Gasteiger partial charge < -0.3 is 5.32 Å². The number of rotatable bonds is 8. The third kappa shape index (κ3) is 5.28. The van der Waals surface area contributed by atoms with E-state index in [1.165, 1.54) is 11.8 Å². The molecule has 0 saturated carbocycles. The van der Waals surface area contributed by atoms with Crippen LogP contribution in [0.2, 0.25) is 0 Å². The van der Waals surface area contributed by atoms with E-state index in [-0.39, 0.29) is 23.4 Å². The van der Waals surface area contributed by atoms with Crippen LogP contribution >= 0.6 is 11.8 Å². The molecule has 0 saturated heterocycles. The summed E-state index contributed by atoms with van der Waals surface area (Å²) in [5, 5.41) is 9.92. The molecule has 0 radical (unpaired) electrons. The number of aromatic nitrogens is 3.